The molecule has 1 atom stereocenters. The van der Waals surface area contributed by atoms with E-state index in [1.165, 1.54) is 6.20 Å². The number of carbonyl (C=O) groups excluding carboxylic acids is 3. The van der Waals surface area contributed by atoms with Gasteiger partial charge >= 0.3 is 12.2 Å². The topological polar surface area (TPSA) is 115 Å². The molecule has 1 fully saturated rings. The van der Waals surface area contributed by atoms with Crippen LogP contribution in [-0.4, -0.2) is 86.1 Å². The van der Waals surface area contributed by atoms with Crippen molar-refractivity contribution >= 4 is 46.2 Å². The predicted molar refractivity (Wildman–Crippen MR) is 152 cm³/mol. The van der Waals surface area contributed by atoms with Crippen LogP contribution < -0.4 is 5.32 Å². The van der Waals surface area contributed by atoms with E-state index in [1.54, 1.807) is 22.1 Å². The molecule has 0 spiro atoms. The molecule has 0 unspecified atom stereocenters. The third-order valence-electron chi connectivity index (χ3n) is 8.71. The van der Waals surface area contributed by atoms with Crippen molar-refractivity contribution < 1.29 is 27.6 Å². The zero-order valence-corrected chi connectivity index (χ0v) is 24.0. The monoisotopic (exact) mass is 617 g/mol. The Morgan fingerprint density at radius 2 is 1.88 bits per heavy atom. The van der Waals surface area contributed by atoms with Gasteiger partial charge in [-0.25, -0.2) is 9.78 Å². The molecular weight excluding hydrogens is 587 g/mol. The molecule has 3 aliphatic rings. The number of H-pyrrole nitrogens is 1. The van der Waals surface area contributed by atoms with Crippen LogP contribution in [0.1, 0.15) is 42.4 Å². The molecular formula is C29H31ClF3N7O3. The number of anilines is 1. The number of hydrogen-bond donors (Lipinski definition) is 2. The Labute approximate surface area is 250 Å². The lowest BCUT2D eigenvalue weighted by Gasteiger charge is -2.38. The van der Waals surface area contributed by atoms with Crippen LogP contribution in [0.5, 0.6) is 0 Å². The molecule has 43 heavy (non-hydrogen) atoms. The number of aromatic nitrogens is 3. The van der Waals surface area contributed by atoms with E-state index in [0.29, 0.717) is 72.6 Å². The van der Waals surface area contributed by atoms with E-state index in [4.69, 9.17) is 11.6 Å². The molecule has 3 aliphatic heterocycles. The Morgan fingerprint density at radius 3 is 2.65 bits per heavy atom. The maximum absolute atomic E-state index is 13.6. The minimum absolute atomic E-state index is 0.0651. The molecule has 0 bridgehead atoms. The summed E-state index contributed by atoms with van der Waals surface area (Å²) in [6.45, 7) is -0.356. The number of alkyl halides is 3. The third-order valence-corrected chi connectivity index (χ3v) is 9.01. The first-order chi connectivity index (χ1) is 20.6. The molecule has 0 aliphatic carbocycles. The number of halogens is 4. The Bertz CT molecular complexity index is 1550. The number of aromatic amines is 1. The molecule has 0 radical (unpaired) electrons. The summed E-state index contributed by atoms with van der Waals surface area (Å²) in [7, 11) is 0. The van der Waals surface area contributed by atoms with Crippen molar-refractivity contribution in [3.05, 3.63) is 52.3 Å². The van der Waals surface area contributed by atoms with Crippen LogP contribution in [0.2, 0.25) is 5.02 Å². The molecule has 10 nitrogen and oxygen atoms in total. The highest BCUT2D eigenvalue weighted by atomic mass is 35.5. The summed E-state index contributed by atoms with van der Waals surface area (Å²) in [5.41, 5.74) is 2.79. The first-order valence-electron chi connectivity index (χ1n) is 14.4. The van der Waals surface area contributed by atoms with Gasteiger partial charge in [-0.2, -0.15) is 18.3 Å². The molecule has 228 valence electrons. The smallest absolute Gasteiger partial charge is 0.343 e. The van der Waals surface area contributed by atoms with Crippen LogP contribution in [0, 0.1) is 5.92 Å². The lowest BCUT2D eigenvalue weighted by molar-refractivity contribution is -0.166. The Balaban J connectivity index is 1.13. The number of hydrogen-bond acceptors (Lipinski definition) is 5. The quantitative estimate of drug-likeness (QED) is 0.446. The maximum atomic E-state index is 13.6. The Morgan fingerprint density at radius 1 is 1.09 bits per heavy atom. The van der Waals surface area contributed by atoms with Crippen LogP contribution in [-0.2, 0) is 29.0 Å². The maximum Gasteiger partial charge on any atom is 0.406 e. The zero-order chi connectivity index (χ0) is 30.3. The fourth-order valence-electron chi connectivity index (χ4n) is 6.50. The fraction of sp³-hybridized carbons (Fsp3) is 0.483. The largest absolute Gasteiger partial charge is 0.406 e. The van der Waals surface area contributed by atoms with Crippen molar-refractivity contribution in [1.82, 2.24) is 29.9 Å². The number of benzene rings is 1. The molecule has 3 aromatic rings. The highest BCUT2D eigenvalue weighted by molar-refractivity contribution is 6.35. The van der Waals surface area contributed by atoms with Crippen LogP contribution in [0.4, 0.5) is 23.8 Å². The van der Waals surface area contributed by atoms with Crippen molar-refractivity contribution in [3.8, 4) is 0 Å². The fourth-order valence-corrected chi connectivity index (χ4v) is 6.77. The Hall–Kier alpha value is -3.87. The number of aryl methyl sites for hydroxylation is 1. The minimum atomic E-state index is -4.61. The predicted octanol–water partition coefficient (Wildman–Crippen LogP) is 4.54. The number of amides is 4. The lowest BCUT2D eigenvalue weighted by atomic mass is 9.88. The second-order valence-corrected chi connectivity index (χ2v) is 11.8. The molecule has 1 aromatic carbocycles. The van der Waals surface area contributed by atoms with Crippen LogP contribution in [0.3, 0.4) is 0 Å². The number of fused-ring (bicyclic) bond motifs is 4. The second kappa shape index (κ2) is 11.7. The number of carbonyl (C=O) groups is 3. The molecule has 4 amide bonds. The molecule has 5 heterocycles. The average molecular weight is 618 g/mol. The standard InChI is InChI=1S/C29H31ClF3N7O3/c30-23-12-18-3-4-19(27(42)39(16-29(31,32)33)15-22(18)21-14-35-37-25(21)23)13-24(41)38-9-6-20(7-10-38)40-11-5-17-2-1-8-34-26(17)36-28(40)43/h1-2,8,12,14,19-20H,3-7,9-11,13,15-16H2,(H,35,37)(H,34,36,43)/t19-/m0/s1. The van der Waals surface area contributed by atoms with Gasteiger partial charge in [-0.05, 0) is 60.9 Å². The van der Waals surface area contributed by atoms with Gasteiger partial charge in [0, 0.05) is 56.1 Å². The summed E-state index contributed by atoms with van der Waals surface area (Å²) < 4.78 is 40.8. The van der Waals surface area contributed by atoms with Gasteiger partial charge in [0.25, 0.3) is 0 Å². The highest BCUT2D eigenvalue weighted by Crippen LogP contribution is 2.34. The van der Waals surface area contributed by atoms with Crippen molar-refractivity contribution in [1.29, 1.82) is 0 Å². The number of piperidine rings is 1. The highest BCUT2D eigenvalue weighted by Gasteiger charge is 2.39. The third kappa shape index (κ3) is 6.13. The minimum Gasteiger partial charge on any atom is -0.343 e. The van der Waals surface area contributed by atoms with E-state index < -0.39 is 24.5 Å². The molecule has 0 saturated carbocycles. The van der Waals surface area contributed by atoms with E-state index >= 15 is 0 Å². The van der Waals surface area contributed by atoms with Gasteiger partial charge in [0.1, 0.15) is 12.4 Å². The molecule has 2 aromatic heterocycles. The van der Waals surface area contributed by atoms with Gasteiger partial charge in [-0.3, -0.25) is 20.0 Å². The summed E-state index contributed by atoms with van der Waals surface area (Å²) in [5, 5.41) is 10.6. The van der Waals surface area contributed by atoms with E-state index in [0.717, 1.165) is 16.0 Å². The summed E-state index contributed by atoms with van der Waals surface area (Å²) in [5.74, 6) is -1.30. The molecule has 6 rings (SSSR count). The molecule has 14 heteroatoms. The van der Waals surface area contributed by atoms with Crippen LogP contribution in [0.15, 0.2) is 30.6 Å². The van der Waals surface area contributed by atoms with Crippen molar-refractivity contribution in [3.63, 3.8) is 0 Å². The van der Waals surface area contributed by atoms with E-state index in [9.17, 15) is 27.6 Å². The summed E-state index contributed by atoms with van der Waals surface area (Å²) in [6, 6.07) is 5.19. The normalized spacial score (nSPS) is 20.3. The molecule has 2 N–H and O–H groups in total. The number of urea groups is 1. The van der Waals surface area contributed by atoms with E-state index in [2.05, 4.69) is 20.5 Å². The number of nitrogens with zero attached hydrogens (tertiary/aromatic N) is 5. The average Bonchev–Trinajstić information content (AvgIpc) is 3.40. The summed E-state index contributed by atoms with van der Waals surface area (Å²) in [6.07, 6.45) is 0.752. The van der Waals surface area contributed by atoms with Gasteiger partial charge in [-0.1, -0.05) is 17.7 Å². The van der Waals surface area contributed by atoms with Gasteiger partial charge in [-0.15, -0.1) is 0 Å². The van der Waals surface area contributed by atoms with Gasteiger partial charge in [0.15, 0.2) is 0 Å². The van der Waals surface area contributed by atoms with Crippen molar-refractivity contribution in [2.24, 2.45) is 5.92 Å². The lowest BCUT2D eigenvalue weighted by Crippen LogP contribution is -2.50. The van der Waals surface area contributed by atoms with Crippen LogP contribution in [0.25, 0.3) is 10.9 Å². The van der Waals surface area contributed by atoms with E-state index in [-0.39, 0.29) is 37.4 Å². The first-order valence-corrected chi connectivity index (χ1v) is 14.7. The Kier molecular flexibility index (Phi) is 7.92. The zero-order valence-electron chi connectivity index (χ0n) is 23.3. The number of pyridine rings is 1. The first kappa shape index (κ1) is 29.2. The van der Waals surface area contributed by atoms with Crippen molar-refractivity contribution in [2.45, 2.75) is 57.3 Å². The number of likely N-dealkylation sites (tertiary alicyclic amines) is 1. The van der Waals surface area contributed by atoms with Gasteiger partial charge in [0.2, 0.25) is 11.8 Å². The summed E-state index contributed by atoms with van der Waals surface area (Å²) >= 11 is 6.41. The SMILES string of the molecule is O=C(C[C@@H]1CCc2cc(Cl)c3[nH]ncc3c2CN(CC(F)(F)F)C1=O)N1CCC(N2CCc3cccnc3NC2=O)CC1. The van der Waals surface area contributed by atoms with Crippen LogP contribution >= 0.6 is 11.6 Å². The molecule has 1 saturated heterocycles. The van der Waals surface area contributed by atoms with Gasteiger partial charge in [0.05, 0.1) is 16.7 Å². The van der Waals surface area contributed by atoms with Gasteiger partial charge < -0.3 is 14.7 Å². The second-order valence-electron chi connectivity index (χ2n) is 11.4. The summed E-state index contributed by atoms with van der Waals surface area (Å²) in [4.78, 5) is 48.3. The van der Waals surface area contributed by atoms with Crippen molar-refractivity contribution in [2.75, 3.05) is 31.5 Å². The number of nitrogens with one attached hydrogen (secondary N) is 2. The van der Waals surface area contributed by atoms with E-state index in [1.807, 2.05) is 12.1 Å². The number of rotatable bonds is 4.